The molecule has 0 spiro atoms. The molecule has 18 N–H and O–H groups in total. The number of carbonyl (C=O) groups excluding carboxylic acids is 1. The van der Waals surface area contributed by atoms with Gasteiger partial charge in [0.1, 0.15) is 29.8 Å². The van der Waals surface area contributed by atoms with Crippen molar-refractivity contribution in [1.29, 1.82) is 0 Å². The van der Waals surface area contributed by atoms with Crippen molar-refractivity contribution in [3.05, 3.63) is 90.0 Å². The minimum absolute atomic E-state index is 0.218. The highest BCUT2D eigenvalue weighted by atomic mass is 16.6. The maximum absolute atomic E-state index is 11.6. The van der Waals surface area contributed by atoms with E-state index in [1.165, 1.54) is 6.33 Å². The Morgan fingerprint density at radius 2 is 1.20 bits per heavy atom. The largest absolute Gasteiger partial charge is 0.481 e. The summed E-state index contributed by atoms with van der Waals surface area (Å²) in [6, 6.07) is 14.7. The number of nitrogens with zero attached hydrogens (tertiary/aromatic N) is 1. The Labute approximate surface area is 373 Å². The molecule has 0 saturated heterocycles. The first-order valence-electron chi connectivity index (χ1n) is 20.4. The van der Waals surface area contributed by atoms with E-state index in [9.17, 15) is 33.9 Å². The lowest BCUT2D eigenvalue weighted by Gasteiger charge is -2.22. The van der Waals surface area contributed by atoms with Crippen molar-refractivity contribution >= 4 is 35.9 Å². The Bertz CT molecular complexity index is 1750. The number of aromatic nitrogens is 2. The molecule has 0 aliphatic rings. The van der Waals surface area contributed by atoms with Gasteiger partial charge in [-0.25, -0.2) is 14.6 Å². The summed E-state index contributed by atoms with van der Waals surface area (Å²) in [5.74, 6) is -4.62. The smallest absolute Gasteiger partial charge is 0.408 e. The van der Waals surface area contributed by atoms with Crippen LogP contribution in [0.2, 0.25) is 0 Å². The van der Waals surface area contributed by atoms with Gasteiger partial charge in [-0.2, -0.15) is 0 Å². The molecule has 6 atom stereocenters. The maximum Gasteiger partial charge on any atom is 0.408 e. The third kappa shape index (κ3) is 33.6. The highest BCUT2D eigenvalue weighted by Gasteiger charge is 2.24. The number of aliphatic hydroxyl groups is 1. The van der Waals surface area contributed by atoms with E-state index in [0.29, 0.717) is 31.7 Å². The summed E-state index contributed by atoms with van der Waals surface area (Å²) >= 11 is 0. The van der Waals surface area contributed by atoms with Crippen LogP contribution in [-0.4, -0.2) is 125 Å². The monoisotopic (exact) mass is 907 g/mol. The highest BCUT2D eigenvalue weighted by Crippen LogP contribution is 2.10. The minimum atomic E-state index is -1.09. The first-order valence-corrected chi connectivity index (χ1v) is 20.4. The van der Waals surface area contributed by atoms with Gasteiger partial charge in [-0.3, -0.25) is 19.2 Å². The van der Waals surface area contributed by atoms with E-state index in [4.69, 9.17) is 58.9 Å². The van der Waals surface area contributed by atoms with Gasteiger partial charge in [-0.15, -0.1) is 0 Å². The molecule has 1 heterocycles. The number of carbonyl (C=O) groups is 6. The molecule has 64 heavy (non-hydrogen) atoms. The quantitative estimate of drug-likeness (QED) is 0.0720. The number of nitrogens with one attached hydrogen (secondary N) is 2. The van der Waals surface area contributed by atoms with Crippen LogP contribution in [-0.2, 0) is 48.0 Å². The van der Waals surface area contributed by atoms with Crippen LogP contribution in [0.15, 0.2) is 73.2 Å². The van der Waals surface area contributed by atoms with Crippen LogP contribution in [0.5, 0.6) is 0 Å². The zero-order valence-electron chi connectivity index (χ0n) is 37.2. The lowest BCUT2D eigenvalue weighted by molar-refractivity contribution is -0.140. The summed E-state index contributed by atoms with van der Waals surface area (Å²) in [6.07, 6.45) is 4.83. The average Bonchev–Trinajstić information content (AvgIpc) is 3.71. The van der Waals surface area contributed by atoms with Crippen LogP contribution in [0.25, 0.3) is 0 Å². The van der Waals surface area contributed by atoms with Crippen molar-refractivity contribution in [2.45, 2.75) is 128 Å². The summed E-state index contributed by atoms with van der Waals surface area (Å²) in [5, 5.41) is 54.3. The molecular formula is C43H70N8O13. The standard InChI is InChI=1S/C14H19NO4.C9H11NO2.C8H17NO3.C6H9N3O2.C6H14N2O2/c1-14(2,3)19-13(18)15-11(12(16)17)9-10-7-5-4-6-8-10;10-8(9(11)12)6-7-4-2-1-3-5-7;1-5(2)3-6(9)7(10)4-8(11)12;7-5(6(10)11)1-4-2-8-3-9-4;7-4-2-1-3-5(8)6(9)10/h4-8,11H,9H2,1-3H3,(H,15,18)(H,16,17);1-5,8H,6,10H2,(H,11,12);5-7,10H,3-4,9H2,1-2H3,(H,11,12);2-3,5H,1,7H2,(H,8,9)(H,10,11);5H,1-4,7-8H2,(H,9,10)/t11-;8-;6-,7-;2*5-/m00000/s1. The first kappa shape index (κ1) is 60.1. The maximum atomic E-state index is 11.6. The van der Waals surface area contributed by atoms with Crippen LogP contribution in [0.3, 0.4) is 0 Å². The first-order chi connectivity index (χ1) is 29.8. The predicted octanol–water partition coefficient (Wildman–Crippen LogP) is 1.93. The van der Waals surface area contributed by atoms with Crippen molar-refractivity contribution in [2.24, 2.45) is 34.6 Å². The Hall–Kier alpha value is -5.97. The zero-order valence-corrected chi connectivity index (χ0v) is 37.2. The highest BCUT2D eigenvalue weighted by molar-refractivity contribution is 5.80. The van der Waals surface area contributed by atoms with E-state index in [-0.39, 0.29) is 19.3 Å². The van der Waals surface area contributed by atoms with Crippen molar-refractivity contribution in [2.75, 3.05) is 6.54 Å². The number of rotatable bonds is 20. The average molecular weight is 907 g/mol. The normalized spacial score (nSPS) is 13.3. The molecule has 2 aromatic carbocycles. The molecule has 1 amide bonds. The zero-order chi connectivity index (χ0) is 49.4. The number of nitrogens with two attached hydrogens (primary N) is 5. The second-order valence-electron chi connectivity index (χ2n) is 15.8. The van der Waals surface area contributed by atoms with E-state index in [2.05, 4.69) is 15.3 Å². The lowest BCUT2D eigenvalue weighted by atomic mass is 9.98. The SMILES string of the molecule is CC(C)(C)OC(=O)N[C@@H](Cc1ccccc1)C(=O)O.CC(C)C[C@H](N)[C@@H](O)CC(=O)O.NCCCC[C@H](N)C(=O)O.N[C@@H](Cc1ccccc1)C(=O)O.N[C@@H](Cc1cnc[nH]1)C(=O)O. The van der Waals surface area contributed by atoms with Crippen molar-refractivity contribution < 1.29 is 64.1 Å². The molecule has 0 saturated carbocycles. The summed E-state index contributed by atoms with van der Waals surface area (Å²) < 4.78 is 5.04. The van der Waals surface area contributed by atoms with Gasteiger partial charge >= 0.3 is 35.9 Å². The minimum Gasteiger partial charge on any atom is -0.481 e. The number of aromatic amines is 1. The van der Waals surface area contributed by atoms with Crippen molar-refractivity contribution in [1.82, 2.24) is 15.3 Å². The fraction of sp³-hybridized carbons (Fsp3) is 0.512. The lowest BCUT2D eigenvalue weighted by Crippen LogP contribution is -2.44. The molecule has 21 heteroatoms. The van der Waals surface area contributed by atoms with Crippen molar-refractivity contribution in [3.8, 4) is 0 Å². The van der Waals surface area contributed by atoms with Gasteiger partial charge in [-0.05, 0) is 70.0 Å². The molecule has 1 aromatic heterocycles. The molecule has 21 nitrogen and oxygen atoms in total. The van der Waals surface area contributed by atoms with Crippen LogP contribution >= 0.6 is 0 Å². The summed E-state index contributed by atoms with van der Waals surface area (Å²) in [4.78, 5) is 70.2. The van der Waals surface area contributed by atoms with Gasteiger partial charge < -0.3 is 74.3 Å². The predicted molar refractivity (Wildman–Crippen MR) is 239 cm³/mol. The summed E-state index contributed by atoms with van der Waals surface area (Å²) in [7, 11) is 0. The second kappa shape index (κ2) is 33.6. The van der Waals surface area contributed by atoms with Gasteiger partial charge in [0.15, 0.2) is 0 Å². The number of alkyl carbamates (subject to hydrolysis) is 1. The van der Waals surface area contributed by atoms with Crippen LogP contribution in [0, 0.1) is 5.92 Å². The van der Waals surface area contributed by atoms with Crippen LogP contribution in [0.1, 0.15) is 83.5 Å². The number of carboxylic acids is 5. The number of imidazole rings is 1. The molecule has 0 aliphatic carbocycles. The molecule has 0 bridgehead atoms. The van der Waals surface area contributed by atoms with E-state index in [1.54, 1.807) is 27.0 Å². The molecular weight excluding hydrogens is 837 g/mol. The number of benzene rings is 2. The fourth-order valence-corrected chi connectivity index (χ4v) is 4.84. The molecule has 0 aliphatic heterocycles. The Morgan fingerprint density at radius 1 is 0.719 bits per heavy atom. The summed E-state index contributed by atoms with van der Waals surface area (Å²) in [6.45, 7) is 9.73. The molecule has 0 unspecified atom stereocenters. The molecule has 3 rings (SSSR count). The Balaban J connectivity index is 0. The number of ether oxygens (including phenoxy) is 1. The van der Waals surface area contributed by atoms with Gasteiger partial charge in [0.2, 0.25) is 0 Å². The topological polar surface area (TPSA) is 404 Å². The second-order valence-corrected chi connectivity index (χ2v) is 15.8. The molecule has 0 fully saturated rings. The van der Waals surface area contributed by atoms with Crippen molar-refractivity contribution in [3.63, 3.8) is 0 Å². The van der Waals surface area contributed by atoms with Gasteiger partial charge in [0, 0.05) is 30.8 Å². The number of aliphatic hydroxyl groups excluding tert-OH is 1. The van der Waals surface area contributed by atoms with E-state index < -0.39 is 77.9 Å². The number of hydrogen-bond acceptors (Lipinski definition) is 14. The molecule has 0 radical (unpaired) electrons. The van der Waals surface area contributed by atoms with Gasteiger partial charge in [0.25, 0.3) is 0 Å². The third-order valence-electron chi connectivity index (χ3n) is 8.11. The molecule has 360 valence electrons. The number of carboxylic acid groups (broad SMARTS) is 5. The Morgan fingerprint density at radius 3 is 1.59 bits per heavy atom. The number of amides is 1. The van der Waals surface area contributed by atoms with Crippen LogP contribution in [0.4, 0.5) is 4.79 Å². The molecule has 3 aromatic rings. The van der Waals surface area contributed by atoms with Gasteiger partial charge in [0.05, 0.1) is 18.9 Å². The van der Waals surface area contributed by atoms with E-state index in [1.807, 2.05) is 74.5 Å². The van der Waals surface area contributed by atoms with Crippen LogP contribution < -0.4 is 34.0 Å². The van der Waals surface area contributed by atoms with E-state index in [0.717, 1.165) is 29.7 Å². The number of unbranched alkanes of at least 4 members (excludes halogenated alkanes) is 1. The fourth-order valence-electron chi connectivity index (χ4n) is 4.84. The number of H-pyrrole nitrogens is 1. The summed E-state index contributed by atoms with van der Waals surface area (Å²) in [5.41, 5.74) is 28.5. The van der Waals surface area contributed by atoms with Gasteiger partial charge in [-0.1, -0.05) is 80.9 Å². The number of hydrogen-bond donors (Lipinski definition) is 13. The van der Waals surface area contributed by atoms with E-state index >= 15 is 0 Å². The Kier molecular flexibility index (Phi) is 31.5. The number of aliphatic carboxylic acids is 5. The third-order valence-corrected chi connectivity index (χ3v) is 8.11.